The first-order valence-corrected chi connectivity index (χ1v) is 18.0. The van der Waals surface area contributed by atoms with Gasteiger partial charge in [0.1, 0.15) is 0 Å². The molecule has 51 heavy (non-hydrogen) atoms. The zero-order chi connectivity index (χ0) is 36.2. The molecule has 6 rings (SSSR count). The van der Waals surface area contributed by atoms with Crippen molar-refractivity contribution >= 4 is 46.0 Å². The third kappa shape index (κ3) is 7.36. The van der Waals surface area contributed by atoms with E-state index in [0.29, 0.717) is 28.9 Å². The molecule has 8 heteroatoms. The van der Waals surface area contributed by atoms with Gasteiger partial charge in [-0.2, -0.15) is 0 Å². The second-order valence-electron chi connectivity index (χ2n) is 13.9. The van der Waals surface area contributed by atoms with Gasteiger partial charge in [0.25, 0.3) is 11.8 Å². The van der Waals surface area contributed by atoms with Crippen molar-refractivity contribution in [1.82, 2.24) is 16.0 Å². The molecule has 0 saturated carbocycles. The van der Waals surface area contributed by atoms with Crippen molar-refractivity contribution in [2.75, 3.05) is 5.32 Å². The van der Waals surface area contributed by atoms with Gasteiger partial charge in [-0.15, -0.1) is 0 Å². The smallest absolute Gasteiger partial charge is 0.252 e. The van der Waals surface area contributed by atoms with Gasteiger partial charge in [-0.25, -0.2) is 0 Å². The second kappa shape index (κ2) is 15.2. The molecule has 3 aromatic carbocycles. The number of hydrogen-bond acceptors (Lipinski definition) is 4. The summed E-state index contributed by atoms with van der Waals surface area (Å²) in [5.74, 6) is -0.422. The van der Waals surface area contributed by atoms with Crippen molar-refractivity contribution in [3.05, 3.63) is 131 Å². The highest BCUT2D eigenvalue weighted by atomic mass is 16.2. The monoisotopic (exact) mass is 682 g/mol. The fourth-order valence-electron chi connectivity index (χ4n) is 7.21. The number of benzene rings is 3. The molecule has 0 saturated heterocycles. The predicted octanol–water partition coefficient (Wildman–Crippen LogP) is 7.53. The lowest BCUT2D eigenvalue weighted by atomic mass is 9.82. The highest BCUT2D eigenvalue weighted by Crippen LogP contribution is 2.36. The molecular weight excluding hydrogens is 636 g/mol. The van der Waals surface area contributed by atoms with Crippen LogP contribution in [0.2, 0.25) is 0 Å². The lowest BCUT2D eigenvalue weighted by Gasteiger charge is -2.32. The summed E-state index contributed by atoms with van der Waals surface area (Å²) in [5, 5.41) is 12.5. The molecule has 0 aromatic heterocycles. The van der Waals surface area contributed by atoms with Crippen molar-refractivity contribution < 1.29 is 19.2 Å². The number of carbonyl (C=O) groups is 4. The van der Waals surface area contributed by atoms with Gasteiger partial charge in [-0.3, -0.25) is 19.2 Å². The molecule has 4 N–H and O–H groups in total. The Labute approximate surface area is 300 Å². The normalized spacial score (nSPS) is 22.4. The SMILES string of the molecule is CC[C@H](C)[C@@H]1NC(=O)c2ccccc2/C1=C/C(=O)NC1=C(c2ccccc2NC(=O)/C=C2/c3ccccc3C(=O)N[C@H]2[C@@H](C)CC)C[C@@H](C)C=C1. The van der Waals surface area contributed by atoms with Crippen LogP contribution in [0.4, 0.5) is 5.69 Å². The Morgan fingerprint density at radius 1 is 0.706 bits per heavy atom. The molecule has 0 fully saturated rings. The van der Waals surface area contributed by atoms with E-state index in [0.717, 1.165) is 46.3 Å². The van der Waals surface area contributed by atoms with Crippen LogP contribution in [0, 0.1) is 17.8 Å². The number of nitrogens with one attached hydrogen (secondary N) is 4. The molecule has 3 aromatic rings. The van der Waals surface area contributed by atoms with Crippen molar-refractivity contribution in [2.45, 2.75) is 66.0 Å². The maximum Gasteiger partial charge on any atom is 0.252 e. The average Bonchev–Trinajstić information content (AvgIpc) is 3.14. The van der Waals surface area contributed by atoms with E-state index in [1.54, 1.807) is 24.3 Å². The van der Waals surface area contributed by atoms with Crippen LogP contribution in [0.1, 0.15) is 91.3 Å². The van der Waals surface area contributed by atoms with Gasteiger partial charge in [0.2, 0.25) is 11.8 Å². The first-order valence-electron chi connectivity index (χ1n) is 18.0. The van der Waals surface area contributed by atoms with Gasteiger partial charge in [0.15, 0.2) is 0 Å². The number of rotatable bonds is 9. The van der Waals surface area contributed by atoms with Gasteiger partial charge < -0.3 is 21.3 Å². The Morgan fingerprint density at radius 2 is 1.16 bits per heavy atom. The van der Waals surface area contributed by atoms with E-state index < -0.39 is 0 Å². The van der Waals surface area contributed by atoms with E-state index >= 15 is 0 Å². The van der Waals surface area contributed by atoms with E-state index in [2.05, 4.69) is 62.0 Å². The maximum absolute atomic E-state index is 13.8. The Hall–Kier alpha value is -5.50. The number of fused-ring (bicyclic) bond motifs is 2. The molecule has 2 heterocycles. The largest absolute Gasteiger partial charge is 0.345 e. The van der Waals surface area contributed by atoms with Gasteiger partial charge in [-0.05, 0) is 76.3 Å². The van der Waals surface area contributed by atoms with Crippen molar-refractivity contribution in [1.29, 1.82) is 0 Å². The average molecular weight is 683 g/mol. The number of hydrogen-bond donors (Lipinski definition) is 4. The molecule has 0 radical (unpaired) electrons. The van der Waals surface area contributed by atoms with Crippen LogP contribution in [-0.2, 0) is 9.59 Å². The fourth-order valence-corrected chi connectivity index (χ4v) is 7.21. The van der Waals surface area contributed by atoms with Crippen LogP contribution >= 0.6 is 0 Å². The van der Waals surface area contributed by atoms with E-state index in [4.69, 9.17) is 0 Å². The van der Waals surface area contributed by atoms with Crippen LogP contribution in [0.25, 0.3) is 16.7 Å². The van der Waals surface area contributed by atoms with Crippen molar-refractivity contribution in [3.63, 3.8) is 0 Å². The molecular formula is C43H46N4O4. The van der Waals surface area contributed by atoms with Gasteiger partial charge in [0, 0.05) is 40.2 Å². The number of allylic oxidation sites excluding steroid dienone is 3. The Kier molecular flexibility index (Phi) is 10.5. The van der Waals surface area contributed by atoms with Crippen LogP contribution in [0.15, 0.2) is 103 Å². The summed E-state index contributed by atoms with van der Waals surface area (Å²) in [7, 11) is 0. The first kappa shape index (κ1) is 35.3. The van der Waals surface area contributed by atoms with Gasteiger partial charge in [-0.1, -0.05) is 108 Å². The minimum Gasteiger partial charge on any atom is -0.345 e. The molecule has 2 aliphatic heterocycles. The van der Waals surface area contributed by atoms with E-state index in [1.807, 2.05) is 66.7 Å². The maximum atomic E-state index is 13.8. The molecule has 1 aliphatic carbocycles. The van der Waals surface area contributed by atoms with Crippen LogP contribution in [0.5, 0.6) is 0 Å². The predicted molar refractivity (Wildman–Crippen MR) is 203 cm³/mol. The van der Waals surface area contributed by atoms with Crippen LogP contribution in [0.3, 0.4) is 0 Å². The summed E-state index contributed by atoms with van der Waals surface area (Å²) in [6, 6.07) is 21.8. The Morgan fingerprint density at radius 3 is 1.67 bits per heavy atom. The molecule has 8 nitrogen and oxygen atoms in total. The zero-order valence-electron chi connectivity index (χ0n) is 29.9. The van der Waals surface area contributed by atoms with E-state index in [-0.39, 0.29) is 53.5 Å². The standard InChI is InChI=1S/C43H46N4O4/c1-6-26(4)40-34(28-14-8-10-17-31(28)42(50)46-40)23-38(48)44-36-19-13-12-16-30(36)33-22-25(3)20-21-37(33)45-39(49)24-35-29-15-9-11-18-32(29)43(51)47-41(35)27(5)7-2/h8-21,23-27,40-41H,6-7,22H2,1-5H3,(H,44,48)(H,45,49)(H,46,50)(H,47,51)/b34-23-,35-24-/t25-,26-,27-,40-,41-/m0/s1. The number of carbonyl (C=O) groups excluding carboxylic acids is 4. The lowest BCUT2D eigenvalue weighted by molar-refractivity contribution is -0.115. The van der Waals surface area contributed by atoms with Crippen LogP contribution in [-0.4, -0.2) is 35.7 Å². The summed E-state index contributed by atoms with van der Waals surface area (Å²) in [6.45, 7) is 10.4. The Balaban J connectivity index is 1.33. The summed E-state index contributed by atoms with van der Waals surface area (Å²) in [5.41, 5.74) is 7.19. The summed E-state index contributed by atoms with van der Waals surface area (Å²) in [4.78, 5) is 53.5. The van der Waals surface area contributed by atoms with E-state index in [1.165, 1.54) is 0 Å². The minimum atomic E-state index is -0.305. The van der Waals surface area contributed by atoms with Gasteiger partial charge in [0.05, 0.1) is 12.1 Å². The number of amides is 4. The van der Waals surface area contributed by atoms with Crippen molar-refractivity contribution in [2.24, 2.45) is 17.8 Å². The molecule has 262 valence electrons. The first-order chi connectivity index (χ1) is 24.6. The third-order valence-electron chi connectivity index (χ3n) is 10.4. The summed E-state index contributed by atoms with van der Waals surface area (Å²) in [6.07, 6.45) is 9.54. The van der Waals surface area contributed by atoms with E-state index in [9.17, 15) is 19.2 Å². The van der Waals surface area contributed by atoms with Crippen LogP contribution < -0.4 is 21.3 Å². The number of anilines is 1. The fraction of sp³-hybridized carbons (Fsp3) is 0.302. The molecule has 3 aliphatic rings. The summed E-state index contributed by atoms with van der Waals surface area (Å²) < 4.78 is 0. The highest BCUT2D eigenvalue weighted by molar-refractivity contribution is 6.11. The van der Waals surface area contributed by atoms with Crippen molar-refractivity contribution in [3.8, 4) is 0 Å². The second-order valence-corrected chi connectivity index (χ2v) is 13.9. The molecule has 4 amide bonds. The molecule has 0 spiro atoms. The summed E-state index contributed by atoms with van der Waals surface area (Å²) >= 11 is 0. The molecule has 5 atom stereocenters. The molecule has 0 bridgehead atoms. The zero-order valence-corrected chi connectivity index (χ0v) is 29.9. The van der Waals surface area contributed by atoms with Gasteiger partial charge >= 0.3 is 0 Å². The highest BCUT2D eigenvalue weighted by Gasteiger charge is 2.33. The number of para-hydroxylation sites is 1. The Bertz CT molecular complexity index is 2000. The quantitative estimate of drug-likeness (QED) is 0.175. The topological polar surface area (TPSA) is 116 Å². The lowest BCUT2D eigenvalue weighted by Crippen LogP contribution is -2.44. The molecule has 0 unspecified atom stereocenters. The third-order valence-corrected chi connectivity index (χ3v) is 10.4. The minimum absolute atomic E-state index is 0.120.